The minimum absolute atomic E-state index is 0.0433. The third-order valence-electron chi connectivity index (χ3n) is 6.41. The van der Waals surface area contributed by atoms with E-state index in [0.717, 1.165) is 37.2 Å². The predicted octanol–water partition coefficient (Wildman–Crippen LogP) is 4.24. The van der Waals surface area contributed by atoms with Gasteiger partial charge in [-0.05, 0) is 62.1 Å². The highest BCUT2D eigenvalue weighted by molar-refractivity contribution is 5.79. The summed E-state index contributed by atoms with van der Waals surface area (Å²) < 4.78 is 51.6. The standard InChI is InChI=1S/C24H28F4N4O/c25-20-5-1-3-17(13-20)15-31-10-2-4-18(16-31)23(33)30-21-8-11-32(12-9-21)22-7-6-19(14-29-22)24(26,27)28/h1,3,5-7,13-14,18,21H,2,4,8-12,15-16H2,(H,30,33). The Morgan fingerprint density at radius 1 is 1.09 bits per heavy atom. The molecule has 33 heavy (non-hydrogen) atoms. The normalized spacial score (nSPS) is 20.6. The molecule has 1 unspecified atom stereocenters. The number of alkyl halides is 3. The molecule has 0 saturated carbocycles. The van der Waals surface area contributed by atoms with Gasteiger partial charge in [-0.2, -0.15) is 13.2 Å². The molecule has 1 aromatic carbocycles. The molecule has 178 valence electrons. The maximum atomic E-state index is 13.5. The largest absolute Gasteiger partial charge is 0.417 e. The lowest BCUT2D eigenvalue weighted by Gasteiger charge is -2.36. The molecular weight excluding hydrogens is 436 g/mol. The lowest BCUT2D eigenvalue weighted by molar-refractivity contribution is -0.137. The van der Waals surface area contributed by atoms with E-state index in [9.17, 15) is 22.4 Å². The SMILES string of the molecule is O=C(NC1CCN(c2ccc(C(F)(F)F)cn2)CC1)C1CCCN(Cc2cccc(F)c2)C1. The number of aromatic nitrogens is 1. The second-order valence-electron chi connectivity index (χ2n) is 8.88. The summed E-state index contributed by atoms with van der Waals surface area (Å²) in [5.41, 5.74) is 0.146. The van der Waals surface area contributed by atoms with Crippen LogP contribution >= 0.6 is 0 Å². The first-order valence-corrected chi connectivity index (χ1v) is 11.3. The summed E-state index contributed by atoms with van der Waals surface area (Å²) in [5.74, 6) is 0.219. The summed E-state index contributed by atoms with van der Waals surface area (Å²) in [6.45, 7) is 3.41. The van der Waals surface area contributed by atoms with Gasteiger partial charge >= 0.3 is 6.18 Å². The quantitative estimate of drug-likeness (QED) is 0.673. The monoisotopic (exact) mass is 464 g/mol. The number of piperidine rings is 2. The number of benzene rings is 1. The Morgan fingerprint density at radius 3 is 2.55 bits per heavy atom. The Labute approximate surface area is 190 Å². The molecule has 3 heterocycles. The summed E-state index contributed by atoms with van der Waals surface area (Å²) in [5, 5.41) is 3.16. The van der Waals surface area contributed by atoms with Gasteiger partial charge in [0, 0.05) is 38.4 Å². The minimum Gasteiger partial charge on any atom is -0.356 e. The van der Waals surface area contributed by atoms with E-state index in [1.165, 1.54) is 18.2 Å². The molecule has 2 aliphatic rings. The van der Waals surface area contributed by atoms with Crippen molar-refractivity contribution in [1.82, 2.24) is 15.2 Å². The van der Waals surface area contributed by atoms with Crippen LogP contribution in [0.15, 0.2) is 42.6 Å². The van der Waals surface area contributed by atoms with Crippen molar-refractivity contribution in [3.63, 3.8) is 0 Å². The van der Waals surface area contributed by atoms with Crippen molar-refractivity contribution in [2.75, 3.05) is 31.1 Å². The number of nitrogens with one attached hydrogen (secondary N) is 1. The van der Waals surface area contributed by atoms with E-state index in [1.54, 1.807) is 6.07 Å². The van der Waals surface area contributed by atoms with Crippen LogP contribution in [0, 0.1) is 11.7 Å². The maximum absolute atomic E-state index is 13.5. The number of rotatable bonds is 5. The van der Waals surface area contributed by atoms with Crippen LogP contribution in [0.4, 0.5) is 23.4 Å². The zero-order valence-electron chi connectivity index (χ0n) is 18.3. The van der Waals surface area contributed by atoms with E-state index in [4.69, 9.17) is 0 Å². The van der Waals surface area contributed by atoms with Gasteiger partial charge in [-0.3, -0.25) is 9.69 Å². The molecule has 0 bridgehead atoms. The van der Waals surface area contributed by atoms with Crippen LogP contribution in [-0.2, 0) is 17.5 Å². The van der Waals surface area contributed by atoms with Crippen LogP contribution < -0.4 is 10.2 Å². The van der Waals surface area contributed by atoms with Crippen LogP contribution in [-0.4, -0.2) is 48.0 Å². The molecule has 2 saturated heterocycles. The first-order valence-electron chi connectivity index (χ1n) is 11.3. The van der Waals surface area contributed by atoms with Crippen LogP contribution in [0.25, 0.3) is 0 Å². The van der Waals surface area contributed by atoms with Crippen molar-refractivity contribution in [2.24, 2.45) is 5.92 Å². The van der Waals surface area contributed by atoms with Gasteiger partial charge in [0.15, 0.2) is 0 Å². The number of anilines is 1. The fourth-order valence-electron chi connectivity index (χ4n) is 4.62. The molecule has 5 nitrogen and oxygen atoms in total. The Hall–Kier alpha value is -2.68. The fourth-order valence-corrected chi connectivity index (χ4v) is 4.62. The molecule has 1 amide bonds. The molecule has 2 fully saturated rings. The summed E-state index contributed by atoms with van der Waals surface area (Å²) >= 11 is 0. The lowest BCUT2D eigenvalue weighted by Crippen LogP contribution is -2.49. The molecule has 2 aliphatic heterocycles. The number of hydrogen-bond donors (Lipinski definition) is 1. The van der Waals surface area contributed by atoms with Gasteiger partial charge in [-0.1, -0.05) is 12.1 Å². The summed E-state index contributed by atoms with van der Waals surface area (Å²) in [4.78, 5) is 21.0. The first kappa shape index (κ1) is 23.5. The Morgan fingerprint density at radius 2 is 1.88 bits per heavy atom. The van der Waals surface area contributed by atoms with Crippen molar-refractivity contribution in [2.45, 2.75) is 44.4 Å². The zero-order valence-corrected chi connectivity index (χ0v) is 18.3. The molecule has 4 rings (SSSR count). The summed E-state index contributed by atoms with van der Waals surface area (Å²) in [6, 6.07) is 9.04. The number of carbonyl (C=O) groups excluding carboxylic acids is 1. The Balaban J connectivity index is 1.25. The van der Waals surface area contributed by atoms with Crippen LogP contribution in [0.2, 0.25) is 0 Å². The van der Waals surface area contributed by atoms with Gasteiger partial charge < -0.3 is 10.2 Å². The molecule has 1 atom stereocenters. The van der Waals surface area contributed by atoms with Gasteiger partial charge in [-0.15, -0.1) is 0 Å². The van der Waals surface area contributed by atoms with Gasteiger partial charge in [0.05, 0.1) is 11.5 Å². The number of nitrogens with zero attached hydrogens (tertiary/aromatic N) is 3. The molecule has 0 radical (unpaired) electrons. The van der Waals surface area contributed by atoms with E-state index >= 15 is 0 Å². The molecule has 0 aliphatic carbocycles. The van der Waals surface area contributed by atoms with Crippen molar-refractivity contribution in [1.29, 1.82) is 0 Å². The van der Waals surface area contributed by atoms with Crippen molar-refractivity contribution >= 4 is 11.7 Å². The summed E-state index contributed by atoms with van der Waals surface area (Å²) in [6.07, 6.45) is -0.343. The molecule has 1 aromatic heterocycles. The second kappa shape index (κ2) is 10.1. The number of carbonyl (C=O) groups is 1. The van der Waals surface area contributed by atoms with E-state index < -0.39 is 11.7 Å². The zero-order chi connectivity index (χ0) is 23.4. The predicted molar refractivity (Wildman–Crippen MR) is 117 cm³/mol. The average Bonchev–Trinajstić information content (AvgIpc) is 2.79. The number of pyridine rings is 1. The molecule has 1 N–H and O–H groups in total. The Bertz CT molecular complexity index is 942. The highest BCUT2D eigenvalue weighted by atomic mass is 19.4. The second-order valence-corrected chi connectivity index (χ2v) is 8.88. The Kier molecular flexibility index (Phi) is 7.17. The number of hydrogen-bond acceptors (Lipinski definition) is 4. The fraction of sp³-hybridized carbons (Fsp3) is 0.500. The number of halogens is 4. The van der Waals surface area contributed by atoms with E-state index in [-0.39, 0.29) is 23.7 Å². The number of likely N-dealkylation sites (tertiary alicyclic amines) is 1. The maximum Gasteiger partial charge on any atom is 0.417 e. The smallest absolute Gasteiger partial charge is 0.356 e. The van der Waals surface area contributed by atoms with Gasteiger partial charge in [0.1, 0.15) is 11.6 Å². The molecule has 2 aromatic rings. The van der Waals surface area contributed by atoms with Crippen molar-refractivity contribution in [3.8, 4) is 0 Å². The van der Waals surface area contributed by atoms with E-state index in [2.05, 4.69) is 15.2 Å². The van der Waals surface area contributed by atoms with Gasteiger partial charge in [0.2, 0.25) is 5.91 Å². The highest BCUT2D eigenvalue weighted by Gasteiger charge is 2.32. The first-order chi connectivity index (χ1) is 15.8. The van der Waals surface area contributed by atoms with Crippen molar-refractivity contribution < 1.29 is 22.4 Å². The average molecular weight is 465 g/mol. The van der Waals surface area contributed by atoms with Crippen LogP contribution in [0.3, 0.4) is 0 Å². The molecular formula is C24H28F4N4O. The molecule has 9 heteroatoms. The third kappa shape index (κ3) is 6.22. The number of amides is 1. The summed E-state index contributed by atoms with van der Waals surface area (Å²) in [7, 11) is 0. The highest BCUT2D eigenvalue weighted by Crippen LogP contribution is 2.30. The minimum atomic E-state index is -4.39. The topological polar surface area (TPSA) is 48.5 Å². The molecule has 0 spiro atoms. The van der Waals surface area contributed by atoms with Crippen LogP contribution in [0.1, 0.15) is 36.8 Å². The van der Waals surface area contributed by atoms with Crippen LogP contribution in [0.5, 0.6) is 0 Å². The van der Waals surface area contributed by atoms with Crippen molar-refractivity contribution in [3.05, 3.63) is 59.5 Å². The van der Waals surface area contributed by atoms with E-state index in [1.807, 2.05) is 11.0 Å². The van der Waals surface area contributed by atoms with Gasteiger partial charge in [0.25, 0.3) is 0 Å². The third-order valence-corrected chi connectivity index (χ3v) is 6.41. The van der Waals surface area contributed by atoms with E-state index in [0.29, 0.717) is 44.8 Å². The van der Waals surface area contributed by atoms with Gasteiger partial charge in [-0.25, -0.2) is 9.37 Å². The lowest BCUT2D eigenvalue weighted by atomic mass is 9.95.